The Kier molecular flexibility index (Phi) is 6.93. The molecule has 0 spiro atoms. The van der Waals surface area contributed by atoms with E-state index in [1.807, 2.05) is 97.1 Å². The summed E-state index contributed by atoms with van der Waals surface area (Å²) >= 11 is 7.59. The fourth-order valence-corrected chi connectivity index (χ4v) is 4.69. The summed E-state index contributed by atoms with van der Waals surface area (Å²) in [5, 5.41) is 1.19. The number of amidine groups is 1. The molecule has 1 aliphatic rings. The molecule has 0 atom stereocenters. The van der Waals surface area contributed by atoms with Gasteiger partial charge in [0, 0.05) is 22.3 Å². The lowest BCUT2D eigenvalue weighted by molar-refractivity contribution is -0.113. The summed E-state index contributed by atoms with van der Waals surface area (Å²) in [5.74, 6) is 1.04. The number of hydrogen-bond donors (Lipinski definition) is 0. The average Bonchev–Trinajstić information content (AvgIpc) is 3.19. The highest BCUT2D eigenvalue weighted by Gasteiger charge is 2.35. The molecule has 0 N–H and O–H groups in total. The van der Waals surface area contributed by atoms with Crippen molar-refractivity contribution in [3.8, 4) is 5.75 Å². The molecule has 0 unspecified atom stereocenters. The van der Waals surface area contributed by atoms with Crippen LogP contribution in [0.25, 0.3) is 6.08 Å². The van der Waals surface area contributed by atoms with Gasteiger partial charge in [-0.15, -0.1) is 0 Å². The third kappa shape index (κ3) is 5.29. The molecule has 172 valence electrons. The first kappa shape index (κ1) is 22.9. The molecule has 1 aliphatic heterocycles. The van der Waals surface area contributed by atoms with E-state index in [9.17, 15) is 4.79 Å². The molecular weight excluding hydrogens is 478 g/mol. The van der Waals surface area contributed by atoms with Gasteiger partial charge in [0.25, 0.3) is 5.91 Å². The van der Waals surface area contributed by atoms with Crippen molar-refractivity contribution in [1.29, 1.82) is 0 Å². The molecular formula is C28H20ClN3O2S. The second kappa shape index (κ2) is 10.6. The van der Waals surface area contributed by atoms with Gasteiger partial charge in [-0.25, -0.2) is 9.98 Å². The molecule has 1 amide bonds. The molecule has 0 radical (unpaired) electrons. The molecule has 4 aromatic rings. The first-order valence-electron chi connectivity index (χ1n) is 10.9. The Hall–Kier alpha value is -3.87. The lowest BCUT2D eigenvalue weighted by Crippen LogP contribution is -2.28. The van der Waals surface area contributed by atoms with Gasteiger partial charge in [-0.3, -0.25) is 9.69 Å². The van der Waals surface area contributed by atoms with Crippen molar-refractivity contribution < 1.29 is 9.53 Å². The Balaban J connectivity index is 1.48. The number of benzene rings is 3. The number of hydrogen-bond acceptors (Lipinski definition) is 5. The second-order valence-corrected chi connectivity index (χ2v) is 9.00. The Bertz CT molecular complexity index is 1410. The standard InChI is InChI=1S/C28H20ClN3O2S/c29-23-14-6-4-11-21(23)19-34-24-15-7-5-10-20(24)18-25-27(33)32(22-12-2-1-3-13-22)28(35-25)31-26-16-8-9-17-30-26/h1-18H,19H2/b25-18-,31-28+. The molecule has 0 bridgehead atoms. The third-order valence-electron chi connectivity index (χ3n) is 5.23. The predicted molar refractivity (Wildman–Crippen MR) is 143 cm³/mol. The van der Waals surface area contributed by atoms with Gasteiger partial charge in [-0.2, -0.15) is 0 Å². The van der Waals surface area contributed by atoms with E-state index in [1.165, 1.54) is 11.8 Å². The van der Waals surface area contributed by atoms with Crippen LogP contribution in [0.3, 0.4) is 0 Å². The largest absolute Gasteiger partial charge is 0.488 e. The zero-order chi connectivity index (χ0) is 24.0. The number of carbonyl (C=O) groups excluding carboxylic acids is 1. The monoisotopic (exact) mass is 497 g/mol. The van der Waals surface area contributed by atoms with Crippen molar-refractivity contribution in [3.63, 3.8) is 0 Å². The molecule has 1 fully saturated rings. The van der Waals surface area contributed by atoms with E-state index < -0.39 is 0 Å². The van der Waals surface area contributed by atoms with E-state index >= 15 is 0 Å². The molecule has 1 saturated heterocycles. The van der Waals surface area contributed by atoms with Crippen LogP contribution < -0.4 is 9.64 Å². The number of nitrogens with zero attached hydrogens (tertiary/aromatic N) is 3. The van der Waals surface area contributed by atoms with Gasteiger partial charge in [0.05, 0.1) is 10.6 Å². The lowest BCUT2D eigenvalue weighted by atomic mass is 10.1. The minimum absolute atomic E-state index is 0.156. The summed E-state index contributed by atoms with van der Waals surface area (Å²) < 4.78 is 6.08. The lowest BCUT2D eigenvalue weighted by Gasteiger charge is -2.15. The SMILES string of the molecule is O=C1/C(=C/c2ccccc2OCc2ccccc2Cl)S/C(=N/c2ccccn2)N1c1ccccc1. The van der Waals surface area contributed by atoms with Gasteiger partial charge in [-0.05, 0) is 54.2 Å². The van der Waals surface area contributed by atoms with Crippen LogP contribution >= 0.6 is 23.4 Å². The molecule has 7 heteroatoms. The van der Waals surface area contributed by atoms with Gasteiger partial charge >= 0.3 is 0 Å². The van der Waals surface area contributed by atoms with E-state index in [2.05, 4.69) is 9.98 Å². The van der Waals surface area contributed by atoms with Crippen molar-refractivity contribution in [3.05, 3.63) is 124 Å². The number of halogens is 1. The summed E-state index contributed by atoms with van der Waals surface area (Å²) in [4.78, 5) is 24.6. The smallest absolute Gasteiger partial charge is 0.271 e. The summed E-state index contributed by atoms with van der Waals surface area (Å²) in [6.07, 6.45) is 3.52. The van der Waals surface area contributed by atoms with Gasteiger partial charge in [0.2, 0.25) is 0 Å². The van der Waals surface area contributed by atoms with Gasteiger partial charge < -0.3 is 4.74 Å². The zero-order valence-corrected chi connectivity index (χ0v) is 20.1. The Morgan fingerprint density at radius 3 is 2.46 bits per heavy atom. The average molecular weight is 498 g/mol. The first-order chi connectivity index (χ1) is 17.2. The van der Waals surface area contributed by atoms with Crippen LogP contribution in [-0.2, 0) is 11.4 Å². The van der Waals surface area contributed by atoms with Crippen LogP contribution in [0.15, 0.2) is 113 Å². The highest BCUT2D eigenvalue weighted by atomic mass is 35.5. The summed E-state index contributed by atoms with van der Waals surface area (Å²) in [7, 11) is 0. The van der Waals surface area contributed by atoms with E-state index in [0.29, 0.717) is 33.3 Å². The Morgan fingerprint density at radius 2 is 1.66 bits per heavy atom. The first-order valence-corrected chi connectivity index (χ1v) is 12.1. The third-order valence-corrected chi connectivity index (χ3v) is 6.56. The second-order valence-electron chi connectivity index (χ2n) is 7.59. The van der Waals surface area contributed by atoms with Crippen LogP contribution in [0.1, 0.15) is 11.1 Å². The molecule has 2 heterocycles. The minimum atomic E-state index is -0.156. The van der Waals surface area contributed by atoms with Crippen LogP contribution in [0.5, 0.6) is 5.75 Å². The minimum Gasteiger partial charge on any atom is -0.488 e. The van der Waals surface area contributed by atoms with E-state index in [0.717, 1.165) is 16.8 Å². The maximum atomic E-state index is 13.5. The van der Waals surface area contributed by atoms with Crippen molar-refractivity contribution in [1.82, 2.24) is 4.98 Å². The molecule has 0 aliphatic carbocycles. The summed E-state index contributed by atoms with van der Waals surface area (Å²) in [6.45, 7) is 0.323. The summed E-state index contributed by atoms with van der Waals surface area (Å²) in [5.41, 5.74) is 2.43. The van der Waals surface area contributed by atoms with Crippen LogP contribution in [0.2, 0.25) is 5.02 Å². The zero-order valence-electron chi connectivity index (χ0n) is 18.5. The van der Waals surface area contributed by atoms with Crippen LogP contribution in [0, 0.1) is 0 Å². The molecule has 5 rings (SSSR count). The van der Waals surface area contributed by atoms with Crippen LogP contribution in [-0.4, -0.2) is 16.1 Å². The topological polar surface area (TPSA) is 54.8 Å². The van der Waals surface area contributed by atoms with Crippen molar-refractivity contribution in [2.24, 2.45) is 4.99 Å². The Morgan fingerprint density at radius 1 is 0.914 bits per heavy atom. The summed E-state index contributed by atoms with van der Waals surface area (Å²) in [6, 6.07) is 30.2. The number of amides is 1. The normalized spacial score (nSPS) is 15.7. The number of aromatic nitrogens is 1. The highest BCUT2D eigenvalue weighted by Crippen LogP contribution is 2.38. The fourth-order valence-electron chi connectivity index (χ4n) is 3.51. The maximum absolute atomic E-state index is 13.5. The van der Waals surface area contributed by atoms with Crippen molar-refractivity contribution in [2.45, 2.75) is 6.61 Å². The van der Waals surface area contributed by atoms with Crippen molar-refractivity contribution in [2.75, 3.05) is 4.90 Å². The number of carbonyl (C=O) groups is 1. The van der Waals surface area contributed by atoms with Gasteiger partial charge in [0.1, 0.15) is 12.4 Å². The van der Waals surface area contributed by atoms with E-state index in [4.69, 9.17) is 16.3 Å². The van der Waals surface area contributed by atoms with Gasteiger partial charge in [-0.1, -0.05) is 72.3 Å². The number of thioether (sulfide) groups is 1. The fraction of sp³-hybridized carbons (Fsp3) is 0.0357. The van der Waals surface area contributed by atoms with Crippen molar-refractivity contribution >= 4 is 52.0 Å². The van der Waals surface area contributed by atoms with E-state index in [1.54, 1.807) is 17.2 Å². The van der Waals surface area contributed by atoms with Gasteiger partial charge in [0.15, 0.2) is 11.0 Å². The molecule has 35 heavy (non-hydrogen) atoms. The molecule has 1 aromatic heterocycles. The number of rotatable bonds is 6. The number of aliphatic imine (C=N–C) groups is 1. The Labute approximate surface area is 212 Å². The number of anilines is 1. The predicted octanol–water partition coefficient (Wildman–Crippen LogP) is 7.12. The maximum Gasteiger partial charge on any atom is 0.271 e. The molecule has 5 nitrogen and oxygen atoms in total. The quantitative estimate of drug-likeness (QED) is 0.266. The number of pyridine rings is 1. The molecule has 0 saturated carbocycles. The number of para-hydroxylation sites is 2. The van der Waals surface area contributed by atoms with Crippen LogP contribution in [0.4, 0.5) is 11.5 Å². The number of ether oxygens (including phenoxy) is 1. The molecule has 3 aromatic carbocycles. The van der Waals surface area contributed by atoms with E-state index in [-0.39, 0.29) is 5.91 Å². The highest BCUT2D eigenvalue weighted by molar-refractivity contribution is 8.19.